The standard InChI is InChI=1S/C16H20N2O3S/c1-16(2,3)15-17-8-13(22-15)14(20)18-11-5-6-12(21-4)10(7-11)9-19/h5-8,19H,9H2,1-4H3,(H,18,20). The Balaban J connectivity index is 2.17. The Morgan fingerprint density at radius 3 is 2.68 bits per heavy atom. The first-order valence-electron chi connectivity index (χ1n) is 6.90. The van der Waals surface area contributed by atoms with Gasteiger partial charge in [0, 0.05) is 16.7 Å². The van der Waals surface area contributed by atoms with E-state index >= 15 is 0 Å². The van der Waals surface area contributed by atoms with Gasteiger partial charge < -0.3 is 15.2 Å². The van der Waals surface area contributed by atoms with E-state index in [9.17, 15) is 9.90 Å². The third-order valence-corrected chi connectivity index (χ3v) is 4.50. The van der Waals surface area contributed by atoms with Crippen molar-refractivity contribution in [3.05, 3.63) is 39.8 Å². The molecule has 0 bridgehead atoms. The third kappa shape index (κ3) is 3.64. The molecule has 0 saturated carbocycles. The number of aliphatic hydroxyl groups excluding tert-OH is 1. The molecule has 0 radical (unpaired) electrons. The fraction of sp³-hybridized carbons (Fsp3) is 0.375. The van der Waals surface area contributed by atoms with Gasteiger partial charge in [-0.15, -0.1) is 11.3 Å². The minimum atomic E-state index is -0.206. The molecule has 118 valence electrons. The van der Waals surface area contributed by atoms with Gasteiger partial charge in [0.2, 0.25) is 0 Å². The summed E-state index contributed by atoms with van der Waals surface area (Å²) in [5.74, 6) is 0.385. The zero-order chi connectivity index (χ0) is 16.3. The summed E-state index contributed by atoms with van der Waals surface area (Å²) in [6.45, 7) is 6.03. The van der Waals surface area contributed by atoms with E-state index in [-0.39, 0.29) is 17.9 Å². The van der Waals surface area contributed by atoms with Gasteiger partial charge in [-0.2, -0.15) is 0 Å². The van der Waals surface area contributed by atoms with Gasteiger partial charge in [-0.05, 0) is 18.2 Å². The first-order chi connectivity index (χ1) is 10.3. The fourth-order valence-corrected chi connectivity index (χ4v) is 2.77. The minimum absolute atomic E-state index is 0.0760. The van der Waals surface area contributed by atoms with Crippen molar-refractivity contribution < 1.29 is 14.6 Å². The van der Waals surface area contributed by atoms with Crippen molar-refractivity contribution >= 4 is 22.9 Å². The minimum Gasteiger partial charge on any atom is -0.496 e. The molecule has 0 aliphatic rings. The number of carbonyl (C=O) groups is 1. The van der Waals surface area contributed by atoms with E-state index in [0.29, 0.717) is 21.9 Å². The van der Waals surface area contributed by atoms with Gasteiger partial charge in [-0.25, -0.2) is 4.98 Å². The summed E-state index contributed by atoms with van der Waals surface area (Å²) >= 11 is 1.39. The summed E-state index contributed by atoms with van der Waals surface area (Å²) in [4.78, 5) is 17.1. The average molecular weight is 320 g/mol. The highest BCUT2D eigenvalue weighted by Crippen LogP contribution is 2.28. The van der Waals surface area contributed by atoms with Crippen LogP contribution in [0.1, 0.15) is 41.0 Å². The predicted octanol–water partition coefficient (Wildman–Crippen LogP) is 3.19. The number of nitrogens with zero attached hydrogens (tertiary/aromatic N) is 1. The number of nitrogens with one attached hydrogen (secondary N) is 1. The smallest absolute Gasteiger partial charge is 0.267 e. The number of aliphatic hydroxyl groups is 1. The number of methoxy groups -OCH3 is 1. The quantitative estimate of drug-likeness (QED) is 0.907. The van der Waals surface area contributed by atoms with Gasteiger partial charge in [0.1, 0.15) is 10.6 Å². The summed E-state index contributed by atoms with van der Waals surface area (Å²) in [7, 11) is 1.54. The monoisotopic (exact) mass is 320 g/mol. The Morgan fingerprint density at radius 1 is 1.41 bits per heavy atom. The average Bonchev–Trinajstić information content (AvgIpc) is 2.97. The van der Waals surface area contributed by atoms with Crippen LogP contribution in [0.5, 0.6) is 5.75 Å². The van der Waals surface area contributed by atoms with Crippen LogP contribution in [0, 0.1) is 0 Å². The molecule has 1 aromatic carbocycles. The van der Waals surface area contributed by atoms with Crippen LogP contribution < -0.4 is 10.1 Å². The molecule has 0 atom stereocenters. The van der Waals surface area contributed by atoms with Crippen LogP contribution in [0.2, 0.25) is 0 Å². The first-order valence-corrected chi connectivity index (χ1v) is 7.72. The molecular weight excluding hydrogens is 300 g/mol. The lowest BCUT2D eigenvalue weighted by atomic mass is 9.98. The molecule has 2 aromatic rings. The van der Waals surface area contributed by atoms with E-state index in [2.05, 4.69) is 31.1 Å². The Kier molecular flexibility index (Phi) is 4.83. The molecule has 5 nitrogen and oxygen atoms in total. The zero-order valence-electron chi connectivity index (χ0n) is 13.1. The van der Waals surface area contributed by atoms with Crippen LogP contribution in [0.15, 0.2) is 24.4 Å². The second-order valence-corrected chi connectivity index (χ2v) is 6.95. The SMILES string of the molecule is COc1ccc(NC(=O)c2cnc(C(C)(C)C)s2)cc1CO. The van der Waals surface area contributed by atoms with Crippen molar-refractivity contribution in [2.24, 2.45) is 0 Å². The number of ether oxygens (including phenoxy) is 1. The van der Waals surface area contributed by atoms with E-state index < -0.39 is 0 Å². The number of carbonyl (C=O) groups excluding carboxylic acids is 1. The number of aromatic nitrogens is 1. The Bertz CT molecular complexity index is 674. The van der Waals surface area contributed by atoms with Crippen molar-refractivity contribution in [2.75, 3.05) is 12.4 Å². The number of thiazole rings is 1. The molecule has 22 heavy (non-hydrogen) atoms. The van der Waals surface area contributed by atoms with Crippen molar-refractivity contribution in [3.8, 4) is 5.75 Å². The normalized spacial score (nSPS) is 11.3. The maximum Gasteiger partial charge on any atom is 0.267 e. The van der Waals surface area contributed by atoms with Crippen molar-refractivity contribution in [2.45, 2.75) is 32.8 Å². The van der Waals surface area contributed by atoms with E-state index in [0.717, 1.165) is 5.01 Å². The van der Waals surface area contributed by atoms with Gasteiger partial charge in [0.15, 0.2) is 0 Å². The second-order valence-electron chi connectivity index (χ2n) is 5.92. The molecule has 2 rings (SSSR count). The van der Waals surface area contributed by atoms with Gasteiger partial charge in [0.05, 0.1) is 24.9 Å². The largest absolute Gasteiger partial charge is 0.496 e. The molecule has 0 aliphatic heterocycles. The molecule has 0 aliphatic carbocycles. The number of benzene rings is 1. The molecule has 0 unspecified atom stereocenters. The molecule has 0 saturated heterocycles. The first kappa shape index (κ1) is 16.5. The molecule has 1 heterocycles. The summed E-state index contributed by atoms with van der Waals surface area (Å²) in [6.07, 6.45) is 1.59. The number of hydrogen-bond donors (Lipinski definition) is 2. The Morgan fingerprint density at radius 2 is 2.14 bits per heavy atom. The van der Waals surface area contributed by atoms with E-state index in [1.807, 2.05) is 0 Å². The lowest BCUT2D eigenvalue weighted by molar-refractivity contribution is 0.103. The van der Waals surface area contributed by atoms with Crippen LogP contribution in [0.25, 0.3) is 0 Å². The molecular formula is C16H20N2O3S. The van der Waals surface area contributed by atoms with E-state index in [1.54, 1.807) is 24.4 Å². The lowest BCUT2D eigenvalue weighted by Gasteiger charge is -2.13. The predicted molar refractivity (Wildman–Crippen MR) is 87.7 cm³/mol. The highest BCUT2D eigenvalue weighted by molar-refractivity contribution is 7.13. The molecule has 1 aromatic heterocycles. The zero-order valence-corrected chi connectivity index (χ0v) is 14.0. The van der Waals surface area contributed by atoms with Gasteiger partial charge in [0.25, 0.3) is 5.91 Å². The molecule has 6 heteroatoms. The van der Waals surface area contributed by atoms with Gasteiger partial charge in [-0.3, -0.25) is 4.79 Å². The van der Waals surface area contributed by atoms with Gasteiger partial charge >= 0.3 is 0 Å². The van der Waals surface area contributed by atoms with Crippen molar-refractivity contribution in [1.29, 1.82) is 0 Å². The number of rotatable bonds is 4. The van der Waals surface area contributed by atoms with Crippen LogP contribution in [0.3, 0.4) is 0 Å². The Labute approximate surface area is 134 Å². The highest BCUT2D eigenvalue weighted by Gasteiger charge is 2.20. The second kappa shape index (κ2) is 6.46. The summed E-state index contributed by atoms with van der Waals surface area (Å²) in [5.41, 5.74) is 1.16. The summed E-state index contributed by atoms with van der Waals surface area (Å²) in [5, 5.41) is 13.1. The molecule has 0 spiro atoms. The maximum atomic E-state index is 12.3. The summed E-state index contributed by atoms with van der Waals surface area (Å²) < 4.78 is 5.14. The van der Waals surface area contributed by atoms with Gasteiger partial charge in [-0.1, -0.05) is 20.8 Å². The van der Waals surface area contributed by atoms with Crippen molar-refractivity contribution in [1.82, 2.24) is 4.98 Å². The third-order valence-electron chi connectivity index (χ3n) is 3.08. The molecule has 1 amide bonds. The number of hydrogen-bond acceptors (Lipinski definition) is 5. The number of anilines is 1. The fourth-order valence-electron chi connectivity index (χ4n) is 1.90. The van der Waals surface area contributed by atoms with E-state index in [4.69, 9.17) is 4.74 Å². The Hall–Kier alpha value is -1.92. The highest BCUT2D eigenvalue weighted by atomic mass is 32.1. The molecule has 0 fully saturated rings. The number of amides is 1. The lowest BCUT2D eigenvalue weighted by Crippen LogP contribution is -2.11. The summed E-state index contributed by atoms with van der Waals surface area (Å²) in [6, 6.07) is 5.15. The topological polar surface area (TPSA) is 71.5 Å². The van der Waals surface area contributed by atoms with Crippen LogP contribution in [-0.2, 0) is 12.0 Å². The van der Waals surface area contributed by atoms with Crippen molar-refractivity contribution in [3.63, 3.8) is 0 Å². The molecule has 2 N–H and O–H groups in total. The van der Waals surface area contributed by atoms with Crippen LogP contribution >= 0.6 is 11.3 Å². The maximum absolute atomic E-state index is 12.3. The van der Waals surface area contributed by atoms with E-state index in [1.165, 1.54) is 18.4 Å². The van der Waals surface area contributed by atoms with Crippen LogP contribution in [0.4, 0.5) is 5.69 Å². The van der Waals surface area contributed by atoms with Crippen LogP contribution in [-0.4, -0.2) is 23.1 Å².